The molecule has 0 radical (unpaired) electrons. The molecule has 0 spiro atoms. The van der Waals surface area contributed by atoms with E-state index in [9.17, 15) is 9.59 Å². The molecule has 0 aromatic carbocycles. The van der Waals surface area contributed by atoms with E-state index in [4.69, 9.17) is 9.84 Å². The Hall–Kier alpha value is -0.580. The van der Waals surface area contributed by atoms with Crippen LogP contribution in [0.2, 0.25) is 0 Å². The molecule has 4 nitrogen and oxygen atoms in total. The van der Waals surface area contributed by atoms with Gasteiger partial charge in [0.05, 0.1) is 0 Å². The fraction of sp³-hybridized carbons (Fsp3) is 0.889. The van der Waals surface area contributed by atoms with Crippen molar-refractivity contribution in [1.82, 2.24) is 0 Å². The molecule has 0 aliphatic rings. The highest BCUT2D eigenvalue weighted by molar-refractivity contribution is 9.10. The number of alkyl halides is 1. The van der Waals surface area contributed by atoms with Gasteiger partial charge in [-0.15, -0.1) is 0 Å². The van der Waals surface area contributed by atoms with Crippen LogP contribution in [-0.4, -0.2) is 28.0 Å². The van der Waals surface area contributed by atoms with Crippen molar-refractivity contribution in [1.29, 1.82) is 0 Å². The molecule has 1 N–H and O–H groups in total. The molecule has 0 rings (SSSR count). The molecule has 0 aliphatic heterocycles. The second-order valence-electron chi connectivity index (χ2n) is 6.21. The summed E-state index contributed by atoms with van der Waals surface area (Å²) in [5, 5.41) is 9.00. The third-order valence-corrected chi connectivity index (χ3v) is 4.95. The Bertz CT molecular complexity index is 320. The zero-order chi connectivity index (χ0) is 17.5. The van der Waals surface area contributed by atoms with Crippen LogP contribution in [0.3, 0.4) is 0 Å². The van der Waals surface area contributed by atoms with Gasteiger partial charge in [0.15, 0.2) is 0 Å². The van der Waals surface area contributed by atoms with E-state index in [-0.39, 0.29) is 0 Å². The maximum atomic E-state index is 11.0. The third-order valence-electron chi connectivity index (χ3n) is 3.97. The molecule has 0 bridgehead atoms. The Balaban J connectivity index is 3.62. The summed E-state index contributed by atoms with van der Waals surface area (Å²) in [4.78, 5) is 21.2. The van der Waals surface area contributed by atoms with Crippen LogP contribution in [0.15, 0.2) is 0 Å². The molecule has 2 atom stereocenters. The van der Waals surface area contributed by atoms with E-state index < -0.39 is 22.9 Å². The molecule has 0 aliphatic carbocycles. The fourth-order valence-corrected chi connectivity index (χ4v) is 3.02. The van der Waals surface area contributed by atoms with E-state index >= 15 is 0 Å². The van der Waals surface area contributed by atoms with E-state index in [0.29, 0.717) is 6.42 Å². The van der Waals surface area contributed by atoms with Gasteiger partial charge in [0, 0.05) is 6.92 Å². The van der Waals surface area contributed by atoms with E-state index in [1.165, 1.54) is 64.7 Å². The Morgan fingerprint density at radius 3 is 1.74 bits per heavy atom. The summed E-state index contributed by atoms with van der Waals surface area (Å²) in [6, 6.07) is 0. The maximum Gasteiger partial charge on any atom is 0.321 e. The van der Waals surface area contributed by atoms with Gasteiger partial charge in [-0.1, -0.05) is 87.1 Å². The largest absolute Gasteiger partial charge is 0.480 e. The van der Waals surface area contributed by atoms with Crippen molar-refractivity contribution >= 4 is 27.9 Å². The quantitative estimate of drug-likeness (QED) is 0.228. The maximum absolute atomic E-state index is 11.0. The van der Waals surface area contributed by atoms with Crippen molar-refractivity contribution in [3.8, 4) is 0 Å². The number of halogens is 1. The number of esters is 1. The molecule has 23 heavy (non-hydrogen) atoms. The molecule has 5 heteroatoms. The van der Waals surface area contributed by atoms with E-state index in [1.54, 1.807) is 0 Å². The lowest BCUT2D eigenvalue weighted by molar-refractivity contribution is -0.150. The molecular weight excluding hydrogens is 360 g/mol. The van der Waals surface area contributed by atoms with Crippen LogP contribution in [0.25, 0.3) is 0 Å². The van der Waals surface area contributed by atoms with Crippen molar-refractivity contribution in [3.05, 3.63) is 0 Å². The first-order chi connectivity index (χ1) is 11.0. The number of carboxylic acid groups (broad SMARTS) is 1. The Morgan fingerprint density at radius 2 is 1.35 bits per heavy atom. The Labute approximate surface area is 149 Å². The Morgan fingerprint density at radius 1 is 0.913 bits per heavy atom. The van der Waals surface area contributed by atoms with Crippen molar-refractivity contribution in [3.63, 3.8) is 0 Å². The summed E-state index contributed by atoms with van der Waals surface area (Å²) in [7, 11) is 0. The first-order valence-corrected chi connectivity index (χ1v) is 9.94. The predicted octanol–water partition coefficient (Wildman–Crippen LogP) is 5.47. The highest BCUT2D eigenvalue weighted by Crippen LogP contribution is 2.18. The molecule has 0 aromatic heterocycles. The van der Waals surface area contributed by atoms with E-state index in [0.717, 1.165) is 12.8 Å². The summed E-state index contributed by atoms with van der Waals surface area (Å²) >= 11 is 3.09. The molecular formula is C18H33BrO4. The number of carbonyl (C=O) groups is 2. The molecule has 0 amide bonds. The minimum Gasteiger partial charge on any atom is -0.480 e. The number of hydrogen-bond acceptors (Lipinski definition) is 3. The number of aliphatic carboxylic acids is 1. The van der Waals surface area contributed by atoms with Gasteiger partial charge in [0.25, 0.3) is 0 Å². The number of ether oxygens (including phenoxy) is 1. The molecule has 136 valence electrons. The van der Waals surface area contributed by atoms with Crippen molar-refractivity contribution in [2.75, 3.05) is 0 Å². The molecule has 0 aromatic rings. The highest BCUT2D eigenvalue weighted by atomic mass is 79.9. The SMILES string of the molecule is CCCCCCCCCCCCCC(OC(C)=O)C(Br)C(=O)O. The number of carbonyl (C=O) groups excluding carboxylic acids is 1. The Kier molecular flexibility index (Phi) is 14.6. The molecule has 0 saturated carbocycles. The summed E-state index contributed by atoms with van der Waals surface area (Å²) in [5.41, 5.74) is 0. The average Bonchev–Trinajstić information content (AvgIpc) is 2.50. The zero-order valence-corrected chi connectivity index (χ0v) is 16.3. The predicted molar refractivity (Wildman–Crippen MR) is 97.0 cm³/mol. The summed E-state index contributed by atoms with van der Waals surface area (Å²) in [5.74, 6) is -1.41. The van der Waals surface area contributed by atoms with Crippen LogP contribution in [0.1, 0.15) is 90.9 Å². The third kappa shape index (κ3) is 13.5. The van der Waals surface area contributed by atoms with Gasteiger partial charge in [-0.25, -0.2) is 0 Å². The number of unbranched alkanes of at least 4 members (excludes halogenated alkanes) is 10. The van der Waals surface area contributed by atoms with Crippen molar-refractivity contribution in [2.45, 2.75) is 102 Å². The van der Waals surface area contributed by atoms with Gasteiger partial charge >= 0.3 is 11.9 Å². The van der Waals surface area contributed by atoms with Crippen LogP contribution >= 0.6 is 15.9 Å². The van der Waals surface area contributed by atoms with Gasteiger partial charge in [-0.05, 0) is 12.8 Å². The zero-order valence-electron chi connectivity index (χ0n) is 14.7. The number of carboxylic acids is 1. The van der Waals surface area contributed by atoms with Crippen molar-refractivity contribution < 1.29 is 19.4 Å². The standard InChI is InChI=1S/C18H33BrO4/c1-3-4-5-6-7-8-9-10-11-12-13-14-16(23-15(2)20)17(19)18(21)22/h16-17H,3-14H2,1-2H3,(H,21,22). The fourth-order valence-electron chi connectivity index (χ4n) is 2.65. The van der Waals surface area contributed by atoms with E-state index in [2.05, 4.69) is 22.9 Å². The number of rotatable bonds is 15. The monoisotopic (exact) mass is 392 g/mol. The van der Waals surface area contributed by atoms with E-state index in [1.807, 2.05) is 0 Å². The smallest absolute Gasteiger partial charge is 0.321 e. The van der Waals surface area contributed by atoms with Gasteiger partial charge < -0.3 is 9.84 Å². The van der Waals surface area contributed by atoms with Gasteiger partial charge in [0.2, 0.25) is 0 Å². The number of hydrogen-bond donors (Lipinski definition) is 1. The van der Waals surface area contributed by atoms with Gasteiger partial charge in [0.1, 0.15) is 10.9 Å². The minimum absolute atomic E-state index is 0.427. The van der Waals surface area contributed by atoms with Crippen LogP contribution in [0.5, 0.6) is 0 Å². The summed E-state index contributed by atoms with van der Waals surface area (Å²) in [6.07, 6.45) is 13.7. The second-order valence-corrected chi connectivity index (χ2v) is 7.20. The van der Waals surface area contributed by atoms with Gasteiger partial charge in [-0.2, -0.15) is 0 Å². The van der Waals surface area contributed by atoms with Crippen LogP contribution in [0, 0.1) is 0 Å². The van der Waals surface area contributed by atoms with Crippen LogP contribution < -0.4 is 0 Å². The lowest BCUT2D eigenvalue weighted by Gasteiger charge is -2.19. The molecule has 0 heterocycles. The first kappa shape index (κ1) is 22.4. The first-order valence-electron chi connectivity index (χ1n) is 9.03. The molecule has 0 saturated heterocycles. The van der Waals surface area contributed by atoms with Crippen LogP contribution in [0.4, 0.5) is 0 Å². The minimum atomic E-state index is -0.987. The average molecular weight is 393 g/mol. The topological polar surface area (TPSA) is 63.6 Å². The van der Waals surface area contributed by atoms with Gasteiger partial charge in [-0.3, -0.25) is 9.59 Å². The lowest BCUT2D eigenvalue weighted by Crippen LogP contribution is -2.32. The summed E-state index contributed by atoms with van der Waals surface area (Å²) < 4.78 is 5.10. The van der Waals surface area contributed by atoms with Crippen LogP contribution in [-0.2, 0) is 14.3 Å². The van der Waals surface area contributed by atoms with Crippen molar-refractivity contribution in [2.24, 2.45) is 0 Å². The lowest BCUT2D eigenvalue weighted by atomic mass is 10.0. The highest BCUT2D eigenvalue weighted by Gasteiger charge is 2.27. The second kappa shape index (κ2) is 15.0. The normalized spacial score (nSPS) is 13.5. The molecule has 2 unspecified atom stereocenters. The molecule has 0 fully saturated rings. The summed E-state index contributed by atoms with van der Waals surface area (Å²) in [6.45, 7) is 3.55.